The zero-order chi connectivity index (χ0) is 18.6. The van der Waals surface area contributed by atoms with E-state index in [1.165, 1.54) is 0 Å². The number of aliphatic hydroxyl groups excluding tert-OH is 1. The third-order valence-corrected chi connectivity index (χ3v) is 4.60. The number of aromatic nitrogens is 2. The Kier molecular flexibility index (Phi) is 5.00. The van der Waals surface area contributed by atoms with Gasteiger partial charge in [0, 0.05) is 36.1 Å². The van der Waals surface area contributed by atoms with Gasteiger partial charge in [-0.2, -0.15) is 0 Å². The summed E-state index contributed by atoms with van der Waals surface area (Å²) in [4.78, 5) is 18.8. The van der Waals surface area contributed by atoms with Crippen molar-refractivity contribution in [3.8, 4) is 16.9 Å². The molecule has 1 aliphatic heterocycles. The zero-order valence-corrected chi connectivity index (χ0v) is 14.9. The zero-order valence-electron chi connectivity index (χ0n) is 14.9. The summed E-state index contributed by atoms with van der Waals surface area (Å²) in [6.45, 7) is 1.49. The molecule has 3 aromatic rings. The number of para-hydroxylation sites is 1. The molecule has 1 aromatic heterocycles. The Bertz CT molecular complexity index is 906. The van der Waals surface area contributed by atoms with Crippen LogP contribution in [-0.2, 0) is 4.74 Å². The molecule has 27 heavy (non-hydrogen) atoms. The van der Waals surface area contributed by atoms with Crippen molar-refractivity contribution in [2.24, 2.45) is 0 Å². The highest BCUT2D eigenvalue weighted by Crippen LogP contribution is 2.20. The molecule has 0 radical (unpaired) electrons. The van der Waals surface area contributed by atoms with Gasteiger partial charge in [-0.1, -0.05) is 30.3 Å². The quantitative estimate of drug-likeness (QED) is 0.776. The summed E-state index contributed by atoms with van der Waals surface area (Å²) < 4.78 is 7.25. The molecule has 2 heterocycles. The van der Waals surface area contributed by atoms with Gasteiger partial charge in [0.25, 0.3) is 5.91 Å². The summed E-state index contributed by atoms with van der Waals surface area (Å²) in [5, 5.41) is 9.81. The van der Waals surface area contributed by atoms with Crippen molar-refractivity contribution < 1.29 is 14.6 Å². The Labute approximate surface area is 157 Å². The number of rotatable bonds is 3. The summed E-state index contributed by atoms with van der Waals surface area (Å²) >= 11 is 0. The number of hydrogen-bond donors (Lipinski definition) is 1. The smallest absolute Gasteiger partial charge is 0.254 e. The van der Waals surface area contributed by atoms with Crippen LogP contribution in [0.1, 0.15) is 10.4 Å². The van der Waals surface area contributed by atoms with Crippen molar-refractivity contribution in [2.75, 3.05) is 26.3 Å². The Hall–Kier alpha value is -2.96. The summed E-state index contributed by atoms with van der Waals surface area (Å²) in [7, 11) is 0. The molecule has 0 spiro atoms. The van der Waals surface area contributed by atoms with Crippen LogP contribution in [0.4, 0.5) is 0 Å². The van der Waals surface area contributed by atoms with Gasteiger partial charge in [0.2, 0.25) is 0 Å². The fourth-order valence-corrected chi connectivity index (χ4v) is 3.16. The lowest BCUT2D eigenvalue weighted by atomic mass is 10.1. The molecule has 138 valence electrons. The minimum atomic E-state index is -0.641. The second-order valence-corrected chi connectivity index (χ2v) is 6.56. The van der Waals surface area contributed by atoms with E-state index in [0.29, 0.717) is 25.3 Å². The predicted molar refractivity (Wildman–Crippen MR) is 102 cm³/mol. The van der Waals surface area contributed by atoms with Crippen molar-refractivity contribution >= 4 is 5.91 Å². The molecule has 4 rings (SSSR count). The number of imidazole rings is 1. The van der Waals surface area contributed by atoms with E-state index in [-0.39, 0.29) is 12.5 Å². The topological polar surface area (TPSA) is 67.6 Å². The number of nitrogens with zero attached hydrogens (tertiary/aromatic N) is 3. The van der Waals surface area contributed by atoms with Gasteiger partial charge < -0.3 is 19.3 Å². The van der Waals surface area contributed by atoms with Crippen molar-refractivity contribution in [3.63, 3.8) is 0 Å². The van der Waals surface area contributed by atoms with Gasteiger partial charge in [-0.25, -0.2) is 4.98 Å². The molecule has 0 saturated carbocycles. The summed E-state index contributed by atoms with van der Waals surface area (Å²) in [5.41, 5.74) is 3.43. The lowest BCUT2D eigenvalue weighted by Gasteiger charge is -2.21. The van der Waals surface area contributed by atoms with E-state index >= 15 is 0 Å². The van der Waals surface area contributed by atoms with Crippen LogP contribution in [-0.4, -0.2) is 57.9 Å². The molecule has 2 aromatic carbocycles. The Balaban J connectivity index is 1.51. The van der Waals surface area contributed by atoms with Crippen LogP contribution in [0.5, 0.6) is 0 Å². The number of carbonyl (C=O) groups is 1. The molecular weight excluding hydrogens is 342 g/mol. The third-order valence-electron chi connectivity index (χ3n) is 4.60. The lowest BCUT2D eigenvalue weighted by Crippen LogP contribution is -2.37. The van der Waals surface area contributed by atoms with Crippen LogP contribution in [0.3, 0.4) is 0 Å². The molecule has 0 aliphatic carbocycles. The van der Waals surface area contributed by atoms with E-state index in [2.05, 4.69) is 4.98 Å². The minimum Gasteiger partial charge on any atom is -0.389 e. The maximum absolute atomic E-state index is 12.7. The maximum atomic E-state index is 12.7. The van der Waals surface area contributed by atoms with Crippen LogP contribution in [0.25, 0.3) is 16.9 Å². The second kappa shape index (κ2) is 7.73. The maximum Gasteiger partial charge on any atom is 0.254 e. The van der Waals surface area contributed by atoms with Crippen LogP contribution < -0.4 is 0 Å². The van der Waals surface area contributed by atoms with E-state index in [1.807, 2.05) is 53.2 Å². The molecule has 1 fully saturated rings. The largest absolute Gasteiger partial charge is 0.389 e. The standard InChI is InChI=1S/C21H21N3O3/c25-19-12-23(10-11-27-14-19)21(26)17-8-6-16(7-9-17)20-13-24(15-22-20)18-4-2-1-3-5-18/h1-9,13,15,19,25H,10-12,14H2/t19-/m1/s1. The van der Waals surface area contributed by atoms with E-state index < -0.39 is 6.10 Å². The van der Waals surface area contributed by atoms with E-state index in [0.717, 1.165) is 16.9 Å². The van der Waals surface area contributed by atoms with Crippen molar-refractivity contribution in [1.29, 1.82) is 0 Å². The van der Waals surface area contributed by atoms with Crippen molar-refractivity contribution in [1.82, 2.24) is 14.5 Å². The highest BCUT2D eigenvalue weighted by atomic mass is 16.5. The van der Waals surface area contributed by atoms with Gasteiger partial charge in [0.1, 0.15) is 0 Å². The van der Waals surface area contributed by atoms with Gasteiger partial charge in [-0.05, 0) is 24.3 Å². The molecular formula is C21H21N3O3. The molecule has 1 aliphatic rings. The van der Waals surface area contributed by atoms with Gasteiger partial charge in [0.05, 0.1) is 31.3 Å². The first kappa shape index (κ1) is 17.5. The van der Waals surface area contributed by atoms with Crippen LogP contribution >= 0.6 is 0 Å². The first-order valence-corrected chi connectivity index (χ1v) is 8.95. The van der Waals surface area contributed by atoms with E-state index in [1.54, 1.807) is 23.4 Å². The van der Waals surface area contributed by atoms with Gasteiger partial charge >= 0.3 is 0 Å². The number of benzene rings is 2. The molecule has 0 bridgehead atoms. The number of aliphatic hydroxyl groups is 1. The molecule has 6 nitrogen and oxygen atoms in total. The minimum absolute atomic E-state index is 0.0964. The highest BCUT2D eigenvalue weighted by Gasteiger charge is 2.22. The molecule has 0 unspecified atom stereocenters. The average molecular weight is 363 g/mol. The van der Waals surface area contributed by atoms with E-state index in [4.69, 9.17) is 4.74 Å². The first-order valence-electron chi connectivity index (χ1n) is 8.95. The lowest BCUT2D eigenvalue weighted by molar-refractivity contribution is 0.0534. The average Bonchev–Trinajstić information content (AvgIpc) is 3.11. The van der Waals surface area contributed by atoms with Crippen LogP contribution in [0.2, 0.25) is 0 Å². The number of β-amino-alcohol motifs (C(OH)–C–C–N with tert-alkyl or cyclic N) is 1. The highest BCUT2D eigenvalue weighted by molar-refractivity contribution is 5.94. The summed E-state index contributed by atoms with van der Waals surface area (Å²) in [6.07, 6.45) is 3.11. The third kappa shape index (κ3) is 3.92. The van der Waals surface area contributed by atoms with Crippen LogP contribution in [0.15, 0.2) is 67.1 Å². The Morgan fingerprint density at radius 1 is 1.11 bits per heavy atom. The summed E-state index contributed by atoms with van der Waals surface area (Å²) in [6, 6.07) is 17.4. The molecule has 1 N–H and O–H groups in total. The number of amides is 1. The number of ether oxygens (including phenoxy) is 1. The number of hydrogen-bond acceptors (Lipinski definition) is 4. The molecule has 1 atom stereocenters. The van der Waals surface area contributed by atoms with Crippen molar-refractivity contribution in [2.45, 2.75) is 6.10 Å². The normalized spacial score (nSPS) is 17.5. The summed E-state index contributed by atoms with van der Waals surface area (Å²) in [5.74, 6) is -0.0964. The Morgan fingerprint density at radius 3 is 2.67 bits per heavy atom. The predicted octanol–water partition coefficient (Wildman–Crippen LogP) is 2.37. The monoisotopic (exact) mass is 363 g/mol. The fraction of sp³-hybridized carbons (Fsp3) is 0.238. The fourth-order valence-electron chi connectivity index (χ4n) is 3.16. The molecule has 1 saturated heterocycles. The van der Waals surface area contributed by atoms with Gasteiger partial charge in [-0.3, -0.25) is 4.79 Å². The second-order valence-electron chi connectivity index (χ2n) is 6.56. The number of carbonyl (C=O) groups excluding carboxylic acids is 1. The molecule has 1 amide bonds. The van der Waals surface area contributed by atoms with Gasteiger partial charge in [-0.15, -0.1) is 0 Å². The van der Waals surface area contributed by atoms with Gasteiger partial charge in [0.15, 0.2) is 0 Å². The Morgan fingerprint density at radius 2 is 1.89 bits per heavy atom. The SMILES string of the molecule is O=C(c1ccc(-c2cn(-c3ccccc3)cn2)cc1)N1CCOC[C@H](O)C1. The molecule has 6 heteroatoms. The van der Waals surface area contributed by atoms with E-state index in [9.17, 15) is 9.90 Å². The van der Waals surface area contributed by atoms with Crippen LogP contribution in [0, 0.1) is 0 Å². The van der Waals surface area contributed by atoms with Crippen molar-refractivity contribution in [3.05, 3.63) is 72.7 Å². The first-order chi connectivity index (χ1) is 13.2.